The van der Waals surface area contributed by atoms with Crippen LogP contribution in [-0.4, -0.2) is 42.9 Å². The fraction of sp³-hybridized carbons (Fsp3) is 0.818. The second-order valence-corrected chi connectivity index (χ2v) is 4.73. The molecular formula is C11H21N3O2. The van der Waals surface area contributed by atoms with E-state index >= 15 is 0 Å². The van der Waals surface area contributed by atoms with E-state index < -0.39 is 11.9 Å². The molecule has 1 saturated heterocycles. The van der Waals surface area contributed by atoms with Crippen LogP contribution in [0.15, 0.2) is 0 Å². The third-order valence-corrected chi connectivity index (χ3v) is 3.10. The molecule has 0 aromatic carbocycles. The van der Waals surface area contributed by atoms with Crippen LogP contribution < -0.4 is 11.1 Å². The van der Waals surface area contributed by atoms with Crippen molar-refractivity contribution in [3.63, 3.8) is 0 Å². The van der Waals surface area contributed by atoms with Crippen LogP contribution in [0, 0.1) is 11.8 Å². The summed E-state index contributed by atoms with van der Waals surface area (Å²) >= 11 is 0. The van der Waals surface area contributed by atoms with Crippen molar-refractivity contribution in [2.45, 2.75) is 26.3 Å². The Kier molecular flexibility index (Phi) is 4.29. The summed E-state index contributed by atoms with van der Waals surface area (Å²) in [5, 5.41) is 3.14. The molecule has 5 heteroatoms. The summed E-state index contributed by atoms with van der Waals surface area (Å²) in [6, 6.07) is -0.506. The molecule has 1 aliphatic rings. The molecule has 2 atom stereocenters. The van der Waals surface area contributed by atoms with Crippen molar-refractivity contribution in [1.82, 2.24) is 10.2 Å². The van der Waals surface area contributed by atoms with Gasteiger partial charge in [-0.25, -0.2) is 0 Å². The van der Waals surface area contributed by atoms with Gasteiger partial charge in [-0.15, -0.1) is 0 Å². The van der Waals surface area contributed by atoms with Crippen molar-refractivity contribution in [3.8, 4) is 0 Å². The number of nitrogens with one attached hydrogen (secondary N) is 1. The minimum absolute atomic E-state index is 0.00870. The first kappa shape index (κ1) is 13.0. The van der Waals surface area contributed by atoms with Crippen LogP contribution in [-0.2, 0) is 9.59 Å². The highest BCUT2D eigenvalue weighted by atomic mass is 16.2. The molecule has 1 aliphatic heterocycles. The molecule has 0 bridgehead atoms. The number of hydrogen-bond acceptors (Lipinski definition) is 3. The highest BCUT2D eigenvalue weighted by molar-refractivity contribution is 5.87. The van der Waals surface area contributed by atoms with E-state index in [0.717, 1.165) is 13.0 Å². The molecule has 0 aromatic heterocycles. The average molecular weight is 227 g/mol. The maximum atomic E-state index is 12.1. The molecule has 0 radical (unpaired) electrons. The number of nitrogens with two attached hydrogens (primary N) is 1. The van der Waals surface area contributed by atoms with Crippen molar-refractivity contribution in [3.05, 3.63) is 0 Å². The van der Waals surface area contributed by atoms with Gasteiger partial charge in [0.2, 0.25) is 11.8 Å². The number of nitrogens with zero attached hydrogens (tertiary/aromatic N) is 1. The van der Waals surface area contributed by atoms with Crippen molar-refractivity contribution >= 4 is 11.8 Å². The van der Waals surface area contributed by atoms with Gasteiger partial charge in [-0.3, -0.25) is 9.59 Å². The number of amides is 2. The summed E-state index contributed by atoms with van der Waals surface area (Å²) in [7, 11) is 1.66. The quantitative estimate of drug-likeness (QED) is 0.684. The Morgan fingerprint density at radius 1 is 1.44 bits per heavy atom. The van der Waals surface area contributed by atoms with E-state index in [1.165, 1.54) is 4.90 Å². The first-order chi connectivity index (χ1) is 7.45. The van der Waals surface area contributed by atoms with Gasteiger partial charge in [0, 0.05) is 13.6 Å². The summed E-state index contributed by atoms with van der Waals surface area (Å²) in [6.07, 6.45) is 0.840. The minimum atomic E-state index is -0.506. The van der Waals surface area contributed by atoms with Gasteiger partial charge in [-0.1, -0.05) is 13.8 Å². The Morgan fingerprint density at radius 2 is 2.06 bits per heavy atom. The molecule has 0 aliphatic carbocycles. The fourth-order valence-corrected chi connectivity index (χ4v) is 2.26. The lowest BCUT2D eigenvalue weighted by Crippen LogP contribution is -2.50. The van der Waals surface area contributed by atoms with Gasteiger partial charge < -0.3 is 16.0 Å². The zero-order valence-electron chi connectivity index (χ0n) is 10.2. The number of carbonyl (C=O) groups excluding carboxylic acids is 2. The van der Waals surface area contributed by atoms with E-state index in [0.29, 0.717) is 6.54 Å². The largest absolute Gasteiger partial charge is 0.368 e. The molecule has 0 unspecified atom stereocenters. The van der Waals surface area contributed by atoms with E-state index in [9.17, 15) is 9.59 Å². The van der Waals surface area contributed by atoms with Gasteiger partial charge in [0.25, 0.3) is 0 Å². The Labute approximate surface area is 96.4 Å². The van der Waals surface area contributed by atoms with Crippen LogP contribution in [0.1, 0.15) is 20.3 Å². The van der Waals surface area contributed by atoms with Gasteiger partial charge in [-0.05, 0) is 18.9 Å². The Morgan fingerprint density at radius 3 is 2.44 bits per heavy atom. The summed E-state index contributed by atoms with van der Waals surface area (Å²) in [4.78, 5) is 24.9. The lowest BCUT2D eigenvalue weighted by molar-refractivity contribution is -0.142. The van der Waals surface area contributed by atoms with Crippen LogP contribution in [0.4, 0.5) is 0 Å². The lowest BCUT2D eigenvalue weighted by atomic mass is 9.99. The molecular weight excluding hydrogens is 206 g/mol. The van der Waals surface area contributed by atoms with Gasteiger partial charge in [0.15, 0.2) is 0 Å². The number of carbonyl (C=O) groups is 2. The smallest absolute Gasteiger partial charge is 0.240 e. The number of hydrogen-bond donors (Lipinski definition) is 2. The first-order valence-electron chi connectivity index (χ1n) is 5.71. The molecule has 0 spiro atoms. The summed E-state index contributed by atoms with van der Waals surface area (Å²) in [5.74, 6) is -0.384. The third-order valence-electron chi connectivity index (χ3n) is 3.10. The van der Waals surface area contributed by atoms with E-state index in [1.54, 1.807) is 7.05 Å². The number of rotatable bonds is 4. The van der Waals surface area contributed by atoms with Crippen LogP contribution in [0.2, 0.25) is 0 Å². The topological polar surface area (TPSA) is 75.4 Å². The Balaban J connectivity index is 2.69. The SMILES string of the molecule is CC(C)[C@@H](C(N)=O)N(C)C(=O)[C@H]1CCNC1. The lowest BCUT2D eigenvalue weighted by Gasteiger charge is -2.30. The molecule has 5 nitrogen and oxygen atoms in total. The molecule has 1 fully saturated rings. The van der Waals surface area contributed by atoms with Crippen molar-refractivity contribution < 1.29 is 9.59 Å². The molecule has 92 valence electrons. The molecule has 2 amide bonds. The molecule has 1 heterocycles. The molecule has 1 rings (SSSR count). The van der Waals surface area contributed by atoms with Gasteiger partial charge in [0.05, 0.1) is 5.92 Å². The standard InChI is InChI=1S/C11H21N3O2/c1-7(2)9(10(12)15)14(3)11(16)8-4-5-13-6-8/h7-9,13H,4-6H2,1-3H3,(H2,12,15)/t8-,9-/m0/s1. The summed E-state index contributed by atoms with van der Waals surface area (Å²) in [6.45, 7) is 5.36. The highest BCUT2D eigenvalue weighted by Crippen LogP contribution is 2.16. The average Bonchev–Trinajstić information content (AvgIpc) is 2.67. The van der Waals surface area contributed by atoms with Crippen molar-refractivity contribution in [2.24, 2.45) is 17.6 Å². The monoisotopic (exact) mass is 227 g/mol. The second kappa shape index (κ2) is 5.30. The van der Waals surface area contributed by atoms with Crippen LogP contribution in [0.5, 0.6) is 0 Å². The van der Waals surface area contributed by atoms with Gasteiger partial charge in [-0.2, -0.15) is 0 Å². The fourth-order valence-electron chi connectivity index (χ4n) is 2.26. The van der Waals surface area contributed by atoms with Crippen molar-refractivity contribution in [1.29, 1.82) is 0 Å². The second-order valence-electron chi connectivity index (χ2n) is 4.73. The Bertz CT molecular complexity index is 272. The number of likely N-dealkylation sites (N-methyl/N-ethyl adjacent to an activating group) is 1. The first-order valence-corrected chi connectivity index (χ1v) is 5.71. The summed E-state index contributed by atoms with van der Waals surface area (Å²) in [5.41, 5.74) is 5.33. The van der Waals surface area contributed by atoms with Crippen LogP contribution in [0.25, 0.3) is 0 Å². The molecule has 16 heavy (non-hydrogen) atoms. The van der Waals surface area contributed by atoms with Gasteiger partial charge in [0.1, 0.15) is 6.04 Å². The Hall–Kier alpha value is -1.10. The zero-order valence-corrected chi connectivity index (χ0v) is 10.2. The summed E-state index contributed by atoms with van der Waals surface area (Å²) < 4.78 is 0. The maximum absolute atomic E-state index is 12.1. The minimum Gasteiger partial charge on any atom is -0.368 e. The molecule has 3 N–H and O–H groups in total. The van der Waals surface area contributed by atoms with E-state index in [1.807, 2.05) is 13.8 Å². The highest BCUT2D eigenvalue weighted by Gasteiger charge is 2.32. The van der Waals surface area contributed by atoms with Crippen LogP contribution >= 0.6 is 0 Å². The normalized spacial score (nSPS) is 22.1. The number of primary amides is 1. The van der Waals surface area contributed by atoms with E-state index in [2.05, 4.69) is 5.32 Å². The molecule has 0 aromatic rings. The predicted molar refractivity (Wildman–Crippen MR) is 61.6 cm³/mol. The van der Waals surface area contributed by atoms with Crippen LogP contribution in [0.3, 0.4) is 0 Å². The van der Waals surface area contributed by atoms with E-state index in [4.69, 9.17) is 5.73 Å². The maximum Gasteiger partial charge on any atom is 0.240 e. The van der Waals surface area contributed by atoms with Gasteiger partial charge >= 0.3 is 0 Å². The zero-order chi connectivity index (χ0) is 12.3. The predicted octanol–water partition coefficient (Wildman–Crippen LogP) is -0.436. The van der Waals surface area contributed by atoms with Crippen molar-refractivity contribution in [2.75, 3.05) is 20.1 Å². The van der Waals surface area contributed by atoms with E-state index in [-0.39, 0.29) is 17.7 Å². The third kappa shape index (κ3) is 2.72. The molecule has 0 saturated carbocycles.